The summed E-state index contributed by atoms with van der Waals surface area (Å²) in [6.07, 6.45) is -3.81. The number of rotatable bonds is 3. The van der Waals surface area contributed by atoms with Crippen LogP contribution in [0.15, 0.2) is 23.1 Å². The topological polar surface area (TPSA) is 108 Å². The fraction of sp³-hybridized carbons (Fsp3) is 0.619. The Labute approximate surface area is 193 Å². The quantitative estimate of drug-likeness (QED) is 0.412. The van der Waals surface area contributed by atoms with Crippen LogP contribution in [0.3, 0.4) is 0 Å². The van der Waals surface area contributed by atoms with Crippen LogP contribution in [0.1, 0.15) is 24.8 Å². The smallest absolute Gasteiger partial charge is 0.347 e. The third-order valence-electron chi connectivity index (χ3n) is 7.56. The zero-order chi connectivity index (χ0) is 24.5. The molecule has 8 nitrogen and oxygen atoms in total. The average Bonchev–Trinajstić information content (AvgIpc) is 3.09. The van der Waals surface area contributed by atoms with Gasteiger partial charge in [0.2, 0.25) is 21.7 Å². The van der Waals surface area contributed by atoms with Crippen molar-refractivity contribution in [1.82, 2.24) is 20.9 Å². The van der Waals surface area contributed by atoms with Gasteiger partial charge in [0, 0.05) is 25.0 Å². The molecule has 1 aromatic carbocycles. The first-order valence-corrected chi connectivity index (χ1v) is 12.6. The highest BCUT2D eigenvalue weighted by Gasteiger charge is 2.63. The van der Waals surface area contributed by atoms with Crippen LogP contribution < -0.4 is 16.0 Å². The Morgan fingerprint density at radius 3 is 2.32 bits per heavy atom. The van der Waals surface area contributed by atoms with Crippen LogP contribution in [0.5, 0.6) is 0 Å². The molecule has 4 saturated heterocycles. The van der Waals surface area contributed by atoms with Crippen LogP contribution in [0.25, 0.3) is 0 Å². The second-order valence-corrected chi connectivity index (χ2v) is 11.7. The van der Waals surface area contributed by atoms with Gasteiger partial charge in [-0.05, 0) is 50.6 Å². The zero-order valence-electron chi connectivity index (χ0n) is 18.0. The molecule has 0 aromatic heterocycles. The summed E-state index contributed by atoms with van der Waals surface area (Å²) < 4.78 is 80.9. The molecule has 4 fully saturated rings. The third kappa shape index (κ3) is 3.51. The molecule has 34 heavy (non-hydrogen) atoms. The summed E-state index contributed by atoms with van der Waals surface area (Å²) in [5.74, 6) is -3.70. The predicted octanol–water partition coefficient (Wildman–Crippen LogP) is 0.634. The molecule has 0 saturated carbocycles. The molecule has 2 atom stereocenters. The summed E-state index contributed by atoms with van der Waals surface area (Å²) in [6, 6.07) is 1.29. The average molecular weight is 505 g/mol. The highest BCUT2D eigenvalue weighted by Crippen LogP contribution is 2.50. The summed E-state index contributed by atoms with van der Waals surface area (Å²) in [5.41, 5.74) is -2.69. The van der Waals surface area contributed by atoms with Gasteiger partial charge in [0.1, 0.15) is 22.0 Å². The second-order valence-electron chi connectivity index (χ2n) is 9.75. The summed E-state index contributed by atoms with van der Waals surface area (Å²) in [4.78, 5) is 26.1. The molecule has 4 aliphatic heterocycles. The lowest BCUT2D eigenvalue weighted by Gasteiger charge is -2.58. The summed E-state index contributed by atoms with van der Waals surface area (Å²) in [6.45, 7) is 2.09. The maximum Gasteiger partial charge on any atom is 0.416 e. The number of nitrogens with zero attached hydrogens (tertiary/aromatic N) is 1. The van der Waals surface area contributed by atoms with Crippen molar-refractivity contribution in [3.05, 3.63) is 29.6 Å². The maximum absolute atomic E-state index is 14.7. The molecule has 0 bridgehead atoms. The van der Waals surface area contributed by atoms with Gasteiger partial charge in [-0.3, -0.25) is 9.59 Å². The SMILES string of the molecule is O=C1NC2(CNC2)CC1C(=O)N1CC2(CCNCC2)C1S(=O)(=O)c1ccc(C(F)(F)F)cc1F. The van der Waals surface area contributed by atoms with E-state index in [-0.39, 0.29) is 19.0 Å². The number of alkyl halides is 3. The molecule has 13 heteroatoms. The van der Waals surface area contributed by atoms with E-state index in [9.17, 15) is 35.6 Å². The van der Waals surface area contributed by atoms with E-state index in [4.69, 9.17) is 0 Å². The number of amides is 2. The van der Waals surface area contributed by atoms with Crippen molar-refractivity contribution in [2.45, 2.75) is 41.2 Å². The molecule has 0 radical (unpaired) electrons. The molecule has 2 spiro atoms. The van der Waals surface area contributed by atoms with Crippen LogP contribution >= 0.6 is 0 Å². The molecule has 5 rings (SSSR count). The van der Waals surface area contributed by atoms with Crippen molar-refractivity contribution >= 4 is 21.7 Å². The lowest BCUT2D eigenvalue weighted by Crippen LogP contribution is -2.72. The molecule has 4 heterocycles. The Morgan fingerprint density at radius 1 is 1.12 bits per heavy atom. The van der Waals surface area contributed by atoms with E-state index in [0.717, 1.165) is 4.90 Å². The van der Waals surface area contributed by atoms with Crippen LogP contribution in [0.2, 0.25) is 0 Å². The summed E-state index contributed by atoms with van der Waals surface area (Å²) in [5, 5.41) is 7.52. The lowest BCUT2D eigenvalue weighted by molar-refractivity contribution is -0.156. The number of carbonyl (C=O) groups excluding carboxylic acids is 2. The van der Waals surface area contributed by atoms with E-state index in [2.05, 4.69) is 16.0 Å². The van der Waals surface area contributed by atoms with Gasteiger partial charge in [0.25, 0.3) is 0 Å². The van der Waals surface area contributed by atoms with Gasteiger partial charge in [0.15, 0.2) is 0 Å². The first-order chi connectivity index (χ1) is 15.9. The molecular weight excluding hydrogens is 480 g/mol. The number of hydrogen-bond donors (Lipinski definition) is 3. The fourth-order valence-corrected chi connectivity index (χ4v) is 8.02. The molecule has 2 unspecified atom stereocenters. The number of benzene rings is 1. The fourth-order valence-electron chi connectivity index (χ4n) is 5.71. The van der Waals surface area contributed by atoms with Crippen LogP contribution in [0.4, 0.5) is 17.6 Å². The molecular formula is C21H24F4N4O4S. The number of halogens is 4. The Morgan fingerprint density at radius 2 is 1.79 bits per heavy atom. The van der Waals surface area contributed by atoms with Crippen molar-refractivity contribution < 1.29 is 35.6 Å². The Kier molecular flexibility index (Phi) is 5.27. The van der Waals surface area contributed by atoms with Gasteiger partial charge < -0.3 is 20.9 Å². The summed E-state index contributed by atoms with van der Waals surface area (Å²) >= 11 is 0. The molecule has 2 amide bonds. The zero-order valence-corrected chi connectivity index (χ0v) is 18.9. The molecule has 1 aromatic rings. The lowest BCUT2D eigenvalue weighted by atomic mass is 9.71. The van der Waals surface area contributed by atoms with Crippen LogP contribution in [0, 0.1) is 17.2 Å². The molecule has 0 aliphatic carbocycles. The number of likely N-dealkylation sites (tertiary alicyclic amines) is 1. The van der Waals surface area contributed by atoms with Crippen LogP contribution in [-0.4, -0.2) is 68.8 Å². The van der Waals surface area contributed by atoms with E-state index in [0.29, 0.717) is 51.2 Å². The largest absolute Gasteiger partial charge is 0.416 e. The van der Waals surface area contributed by atoms with Gasteiger partial charge in [-0.25, -0.2) is 12.8 Å². The minimum Gasteiger partial charge on any atom is -0.347 e. The number of carbonyl (C=O) groups is 2. The monoisotopic (exact) mass is 504 g/mol. The molecule has 4 aliphatic rings. The second kappa shape index (κ2) is 7.62. The first kappa shape index (κ1) is 23.5. The van der Waals surface area contributed by atoms with Gasteiger partial charge in [0.05, 0.1) is 11.1 Å². The van der Waals surface area contributed by atoms with Crippen molar-refractivity contribution in [2.75, 3.05) is 32.7 Å². The normalized spacial score (nSPS) is 27.9. The van der Waals surface area contributed by atoms with Crippen molar-refractivity contribution in [3.63, 3.8) is 0 Å². The van der Waals surface area contributed by atoms with Gasteiger partial charge >= 0.3 is 6.18 Å². The van der Waals surface area contributed by atoms with E-state index < -0.39 is 66.3 Å². The molecule has 3 N–H and O–H groups in total. The van der Waals surface area contributed by atoms with E-state index in [1.54, 1.807) is 0 Å². The van der Waals surface area contributed by atoms with Gasteiger partial charge in [-0.2, -0.15) is 13.2 Å². The highest BCUT2D eigenvalue weighted by atomic mass is 32.2. The van der Waals surface area contributed by atoms with E-state index in [1.165, 1.54) is 0 Å². The number of hydrogen-bond acceptors (Lipinski definition) is 6. The maximum atomic E-state index is 14.7. The minimum atomic E-state index is -4.83. The van der Waals surface area contributed by atoms with E-state index in [1.807, 2.05) is 0 Å². The highest BCUT2D eigenvalue weighted by molar-refractivity contribution is 7.92. The van der Waals surface area contributed by atoms with Gasteiger partial charge in [-0.15, -0.1) is 0 Å². The summed E-state index contributed by atoms with van der Waals surface area (Å²) in [7, 11) is -4.57. The molecule has 186 valence electrons. The van der Waals surface area contributed by atoms with E-state index >= 15 is 0 Å². The van der Waals surface area contributed by atoms with Gasteiger partial charge in [-0.1, -0.05) is 0 Å². The van der Waals surface area contributed by atoms with Crippen LogP contribution in [-0.2, 0) is 25.6 Å². The Hall–Kier alpha value is -2.25. The standard InChI is InChI=1S/C21H24F4N4O4S/c22-14-7-12(21(23,24)25)1-2-15(14)34(32,33)18-19(3-5-26-6-4-19)11-29(18)17(31)13-8-20(9-27-10-20)28-16(13)30/h1-2,7,13,18,26-27H,3-6,8-11H2,(H,28,30). The predicted molar refractivity (Wildman–Crippen MR) is 110 cm³/mol. The number of nitrogens with one attached hydrogen (secondary N) is 3. The number of sulfone groups is 1. The third-order valence-corrected chi connectivity index (χ3v) is 9.85. The van der Waals surface area contributed by atoms with Crippen molar-refractivity contribution in [1.29, 1.82) is 0 Å². The minimum absolute atomic E-state index is 0.0920. The Balaban J connectivity index is 1.49. The number of piperidine rings is 1. The Bertz CT molecular complexity index is 1150. The first-order valence-electron chi connectivity index (χ1n) is 11.0. The van der Waals surface area contributed by atoms with Crippen molar-refractivity contribution in [3.8, 4) is 0 Å². The van der Waals surface area contributed by atoms with Crippen molar-refractivity contribution in [2.24, 2.45) is 11.3 Å².